The van der Waals surface area contributed by atoms with Crippen LogP contribution in [0.15, 0.2) is 17.1 Å². The van der Waals surface area contributed by atoms with Crippen LogP contribution in [-0.4, -0.2) is 9.91 Å². The van der Waals surface area contributed by atoms with Gasteiger partial charge < -0.3 is 4.98 Å². The molecule has 0 saturated heterocycles. The summed E-state index contributed by atoms with van der Waals surface area (Å²) in [7, 11) is 0. The highest BCUT2D eigenvalue weighted by molar-refractivity contribution is 5.27. The zero-order chi connectivity index (χ0) is 9.84. The van der Waals surface area contributed by atoms with Crippen LogP contribution in [0.25, 0.3) is 0 Å². The van der Waals surface area contributed by atoms with Gasteiger partial charge in [-0.3, -0.25) is 14.9 Å². The SMILES string of the molecule is N#CCc1cc(=O)c([N+](=O)[O-])c[nH]1. The van der Waals surface area contributed by atoms with Crippen molar-refractivity contribution in [3.63, 3.8) is 0 Å². The molecule has 0 aliphatic carbocycles. The van der Waals surface area contributed by atoms with Crippen molar-refractivity contribution in [1.82, 2.24) is 4.98 Å². The second kappa shape index (κ2) is 3.49. The Morgan fingerprint density at radius 2 is 2.38 bits per heavy atom. The second-order valence-electron chi connectivity index (χ2n) is 2.30. The number of nitriles is 1. The van der Waals surface area contributed by atoms with E-state index in [0.29, 0.717) is 5.69 Å². The summed E-state index contributed by atoms with van der Waals surface area (Å²) < 4.78 is 0. The quantitative estimate of drug-likeness (QED) is 0.522. The number of H-pyrrole nitrogens is 1. The Hall–Kier alpha value is -2.16. The first-order valence-electron chi connectivity index (χ1n) is 3.38. The number of rotatable bonds is 2. The predicted octanol–water partition coefficient (Wildman–Crippen LogP) is 0.349. The first-order valence-corrected chi connectivity index (χ1v) is 3.38. The summed E-state index contributed by atoms with van der Waals surface area (Å²) in [5.41, 5.74) is -0.825. The Balaban J connectivity index is 3.15. The van der Waals surface area contributed by atoms with Crippen LogP contribution < -0.4 is 5.43 Å². The van der Waals surface area contributed by atoms with E-state index in [-0.39, 0.29) is 6.42 Å². The van der Waals surface area contributed by atoms with Crippen molar-refractivity contribution in [2.45, 2.75) is 6.42 Å². The van der Waals surface area contributed by atoms with Crippen molar-refractivity contribution >= 4 is 5.69 Å². The van der Waals surface area contributed by atoms with Gasteiger partial charge in [0.25, 0.3) is 5.43 Å². The van der Waals surface area contributed by atoms with Crippen LogP contribution in [0, 0.1) is 21.4 Å². The predicted molar refractivity (Wildman–Crippen MR) is 43.0 cm³/mol. The number of nitrogens with zero attached hydrogens (tertiary/aromatic N) is 2. The van der Waals surface area contributed by atoms with Gasteiger partial charge in [0.15, 0.2) is 0 Å². The van der Waals surface area contributed by atoms with Gasteiger partial charge in [0.2, 0.25) is 0 Å². The second-order valence-corrected chi connectivity index (χ2v) is 2.30. The lowest BCUT2D eigenvalue weighted by Crippen LogP contribution is -2.09. The third-order valence-corrected chi connectivity index (χ3v) is 1.42. The van der Waals surface area contributed by atoms with Crippen molar-refractivity contribution in [3.8, 4) is 6.07 Å². The molecule has 13 heavy (non-hydrogen) atoms. The molecule has 0 aliphatic heterocycles. The fourth-order valence-corrected chi connectivity index (χ4v) is 0.836. The summed E-state index contributed by atoms with van der Waals surface area (Å²) in [6.07, 6.45) is 1.03. The van der Waals surface area contributed by atoms with Gasteiger partial charge in [0.05, 0.1) is 23.6 Å². The Morgan fingerprint density at radius 1 is 1.69 bits per heavy atom. The molecule has 0 amide bonds. The van der Waals surface area contributed by atoms with Crippen LogP contribution in [0.3, 0.4) is 0 Å². The van der Waals surface area contributed by atoms with E-state index >= 15 is 0 Å². The fourth-order valence-electron chi connectivity index (χ4n) is 0.836. The standard InChI is InChI=1S/C7H5N3O3/c8-2-1-5-3-7(11)6(4-9-5)10(12)13/h3-4H,1H2,(H,9,11). The molecular weight excluding hydrogens is 174 g/mol. The zero-order valence-electron chi connectivity index (χ0n) is 6.48. The lowest BCUT2D eigenvalue weighted by atomic mass is 10.3. The molecule has 1 rings (SSSR count). The minimum Gasteiger partial charge on any atom is -0.358 e. The zero-order valence-corrected chi connectivity index (χ0v) is 6.48. The van der Waals surface area contributed by atoms with E-state index in [9.17, 15) is 14.9 Å². The molecular formula is C7H5N3O3. The highest BCUT2D eigenvalue weighted by atomic mass is 16.6. The maximum Gasteiger partial charge on any atom is 0.332 e. The van der Waals surface area contributed by atoms with Gasteiger partial charge in [-0.05, 0) is 0 Å². The number of nitrogens with one attached hydrogen (secondary N) is 1. The topological polar surface area (TPSA) is 99.8 Å². The van der Waals surface area contributed by atoms with Crippen LogP contribution in [0.4, 0.5) is 5.69 Å². The molecule has 0 saturated carbocycles. The summed E-state index contributed by atoms with van der Waals surface area (Å²) in [6.45, 7) is 0. The first-order chi connectivity index (χ1) is 6.15. The van der Waals surface area contributed by atoms with Gasteiger partial charge in [-0.1, -0.05) is 0 Å². The number of aromatic nitrogens is 1. The highest BCUT2D eigenvalue weighted by Crippen LogP contribution is 2.01. The molecule has 0 radical (unpaired) electrons. The van der Waals surface area contributed by atoms with Gasteiger partial charge in [-0.15, -0.1) is 0 Å². The molecule has 0 aliphatic rings. The van der Waals surface area contributed by atoms with Crippen molar-refractivity contribution in [2.24, 2.45) is 0 Å². The minimum atomic E-state index is -0.769. The number of hydrogen-bond donors (Lipinski definition) is 1. The third kappa shape index (κ3) is 1.90. The van der Waals surface area contributed by atoms with Crippen molar-refractivity contribution in [2.75, 3.05) is 0 Å². The average Bonchev–Trinajstić information content (AvgIpc) is 2.04. The molecule has 6 heteroatoms. The average molecular weight is 179 g/mol. The van der Waals surface area contributed by atoms with Crippen molar-refractivity contribution < 1.29 is 4.92 Å². The molecule has 6 nitrogen and oxygen atoms in total. The van der Waals surface area contributed by atoms with E-state index in [4.69, 9.17) is 5.26 Å². The lowest BCUT2D eigenvalue weighted by Gasteiger charge is -1.93. The van der Waals surface area contributed by atoms with E-state index < -0.39 is 16.0 Å². The Labute approximate surface area is 72.6 Å². The highest BCUT2D eigenvalue weighted by Gasteiger charge is 2.10. The molecule has 1 N–H and O–H groups in total. The molecule has 0 aromatic carbocycles. The first kappa shape index (κ1) is 8.93. The Morgan fingerprint density at radius 3 is 2.85 bits per heavy atom. The molecule has 1 aromatic heterocycles. The smallest absolute Gasteiger partial charge is 0.332 e. The maximum absolute atomic E-state index is 11.0. The molecule has 1 aromatic rings. The number of hydrogen-bond acceptors (Lipinski definition) is 4. The van der Waals surface area contributed by atoms with E-state index in [1.165, 1.54) is 0 Å². The van der Waals surface area contributed by atoms with Crippen LogP contribution in [0.1, 0.15) is 5.69 Å². The van der Waals surface area contributed by atoms with E-state index in [2.05, 4.69) is 4.98 Å². The summed E-state index contributed by atoms with van der Waals surface area (Å²) >= 11 is 0. The van der Waals surface area contributed by atoms with Crippen LogP contribution in [0.2, 0.25) is 0 Å². The molecule has 0 atom stereocenters. The summed E-state index contributed by atoms with van der Waals surface area (Å²) in [6, 6.07) is 2.88. The summed E-state index contributed by atoms with van der Waals surface area (Å²) in [4.78, 5) is 22.9. The minimum absolute atomic E-state index is 0.0350. The van der Waals surface area contributed by atoms with E-state index in [0.717, 1.165) is 12.3 Å². The lowest BCUT2D eigenvalue weighted by molar-refractivity contribution is -0.386. The fraction of sp³-hybridized carbons (Fsp3) is 0.143. The van der Waals surface area contributed by atoms with Gasteiger partial charge in [0.1, 0.15) is 0 Å². The van der Waals surface area contributed by atoms with E-state index in [1.54, 1.807) is 0 Å². The summed E-state index contributed by atoms with van der Waals surface area (Å²) in [5.74, 6) is 0. The molecule has 66 valence electrons. The maximum atomic E-state index is 11.0. The number of pyridine rings is 1. The largest absolute Gasteiger partial charge is 0.358 e. The molecule has 0 spiro atoms. The van der Waals surface area contributed by atoms with Crippen LogP contribution in [0.5, 0.6) is 0 Å². The molecule has 0 fully saturated rings. The molecule has 1 heterocycles. The number of aromatic amines is 1. The van der Waals surface area contributed by atoms with Crippen LogP contribution >= 0.6 is 0 Å². The van der Waals surface area contributed by atoms with Gasteiger partial charge in [-0.25, -0.2) is 0 Å². The Bertz CT molecular complexity index is 429. The van der Waals surface area contributed by atoms with Gasteiger partial charge in [-0.2, -0.15) is 5.26 Å². The van der Waals surface area contributed by atoms with E-state index in [1.807, 2.05) is 6.07 Å². The summed E-state index contributed by atoms with van der Waals surface area (Å²) in [5, 5.41) is 18.5. The van der Waals surface area contributed by atoms with Gasteiger partial charge >= 0.3 is 5.69 Å². The Kier molecular flexibility index (Phi) is 2.40. The third-order valence-electron chi connectivity index (χ3n) is 1.42. The van der Waals surface area contributed by atoms with Crippen LogP contribution in [-0.2, 0) is 6.42 Å². The van der Waals surface area contributed by atoms with Crippen molar-refractivity contribution in [1.29, 1.82) is 5.26 Å². The number of nitro groups is 1. The van der Waals surface area contributed by atoms with Crippen molar-refractivity contribution in [3.05, 3.63) is 38.3 Å². The normalized spacial score (nSPS) is 9.15. The molecule has 0 bridgehead atoms. The monoisotopic (exact) mass is 179 g/mol. The molecule has 0 unspecified atom stereocenters. The van der Waals surface area contributed by atoms with Gasteiger partial charge in [0, 0.05) is 11.8 Å².